The summed E-state index contributed by atoms with van der Waals surface area (Å²) in [6, 6.07) is 11.1. The zero-order chi connectivity index (χ0) is 21.8. The van der Waals surface area contributed by atoms with Crippen LogP contribution in [0.15, 0.2) is 40.9 Å². The third-order valence-corrected chi connectivity index (χ3v) is 6.46. The molecule has 1 atom stereocenters. The van der Waals surface area contributed by atoms with E-state index >= 15 is 0 Å². The lowest BCUT2D eigenvalue weighted by atomic mass is 10.1. The summed E-state index contributed by atoms with van der Waals surface area (Å²) in [5.74, 6) is -1.75. The van der Waals surface area contributed by atoms with Crippen LogP contribution in [-0.4, -0.2) is 30.9 Å². The van der Waals surface area contributed by atoms with Crippen LogP contribution < -0.4 is 10.2 Å². The molecule has 6 nitrogen and oxygen atoms in total. The van der Waals surface area contributed by atoms with Crippen molar-refractivity contribution in [2.45, 2.75) is 26.7 Å². The minimum atomic E-state index is -0.598. The lowest BCUT2D eigenvalue weighted by Crippen LogP contribution is -2.28. The molecule has 2 aromatic rings. The van der Waals surface area contributed by atoms with E-state index in [1.807, 2.05) is 31.2 Å². The quantitative estimate of drug-likeness (QED) is 0.601. The summed E-state index contributed by atoms with van der Waals surface area (Å²) < 4.78 is 5.90. The molecule has 0 aliphatic carbocycles. The Morgan fingerprint density at radius 2 is 2.00 bits per heavy atom. The molecule has 30 heavy (non-hydrogen) atoms. The number of hydrogen-bond acceptors (Lipinski definition) is 4. The minimum Gasteiger partial charge on any atom is -0.455 e. The van der Waals surface area contributed by atoms with Crippen LogP contribution in [0.3, 0.4) is 0 Å². The van der Waals surface area contributed by atoms with Crippen molar-refractivity contribution in [3.05, 3.63) is 57.0 Å². The van der Waals surface area contributed by atoms with Crippen molar-refractivity contribution in [2.75, 3.05) is 23.4 Å². The van der Waals surface area contributed by atoms with Gasteiger partial charge in [-0.3, -0.25) is 14.4 Å². The van der Waals surface area contributed by atoms with Gasteiger partial charge in [-0.2, -0.15) is 0 Å². The van der Waals surface area contributed by atoms with Crippen molar-refractivity contribution in [3.63, 3.8) is 0 Å². The zero-order valence-electron chi connectivity index (χ0n) is 16.7. The standard InChI is InChI=1S/C22H22BrClN2O4/c1-3-14-6-4-5-7-18(14)26-11-15(10-20(26)28)22(29)30-12-19(27)25-17-9-8-16(23)21(24)13(17)2/h4-9,15H,3,10-12H2,1-2H3,(H,25,27)/t15-/m0/s1. The fourth-order valence-electron chi connectivity index (χ4n) is 3.40. The molecule has 0 spiro atoms. The molecule has 1 aliphatic heterocycles. The second-order valence-electron chi connectivity index (χ2n) is 7.08. The van der Waals surface area contributed by atoms with Gasteiger partial charge in [-0.1, -0.05) is 36.7 Å². The highest BCUT2D eigenvalue weighted by Crippen LogP contribution is 2.31. The topological polar surface area (TPSA) is 75.7 Å². The number of aryl methyl sites for hydroxylation is 1. The molecule has 2 aromatic carbocycles. The molecule has 1 aliphatic rings. The summed E-state index contributed by atoms with van der Waals surface area (Å²) in [5.41, 5.74) is 3.11. The maximum atomic E-state index is 12.5. The Hall–Kier alpha value is -2.38. The largest absolute Gasteiger partial charge is 0.455 e. The molecule has 2 amide bonds. The van der Waals surface area contributed by atoms with Gasteiger partial charge in [-0.05, 0) is 58.6 Å². The Bertz CT molecular complexity index is 995. The van der Waals surface area contributed by atoms with E-state index in [4.69, 9.17) is 16.3 Å². The van der Waals surface area contributed by atoms with E-state index in [2.05, 4.69) is 21.2 Å². The van der Waals surface area contributed by atoms with Crippen molar-refractivity contribution < 1.29 is 19.1 Å². The number of carbonyl (C=O) groups is 3. The number of nitrogens with one attached hydrogen (secondary N) is 1. The van der Waals surface area contributed by atoms with Crippen molar-refractivity contribution in [2.24, 2.45) is 5.92 Å². The highest BCUT2D eigenvalue weighted by Gasteiger charge is 2.37. The molecule has 0 saturated carbocycles. The van der Waals surface area contributed by atoms with Gasteiger partial charge in [-0.15, -0.1) is 0 Å². The van der Waals surface area contributed by atoms with Crippen molar-refractivity contribution in [1.82, 2.24) is 0 Å². The molecule has 3 rings (SSSR count). The first-order chi connectivity index (χ1) is 14.3. The summed E-state index contributed by atoms with van der Waals surface area (Å²) in [7, 11) is 0. The van der Waals surface area contributed by atoms with Gasteiger partial charge < -0.3 is 15.0 Å². The van der Waals surface area contributed by atoms with Gasteiger partial charge in [0.05, 0.1) is 10.9 Å². The predicted molar refractivity (Wildman–Crippen MR) is 120 cm³/mol. The molecule has 0 bridgehead atoms. The normalized spacial score (nSPS) is 15.9. The Morgan fingerprint density at radius 3 is 2.73 bits per heavy atom. The second kappa shape index (κ2) is 9.62. The number of anilines is 2. The molecule has 0 aromatic heterocycles. The van der Waals surface area contributed by atoms with Crippen LogP contribution in [0.25, 0.3) is 0 Å². The Labute approximate surface area is 188 Å². The average Bonchev–Trinajstić information content (AvgIpc) is 3.14. The zero-order valence-corrected chi connectivity index (χ0v) is 19.0. The van der Waals surface area contributed by atoms with Crippen molar-refractivity contribution in [3.8, 4) is 0 Å². The number of ether oxygens (including phenoxy) is 1. The van der Waals surface area contributed by atoms with Crippen molar-refractivity contribution in [1.29, 1.82) is 0 Å². The fraction of sp³-hybridized carbons (Fsp3) is 0.318. The SMILES string of the molecule is CCc1ccccc1N1C[C@@H](C(=O)OCC(=O)Nc2ccc(Br)c(Cl)c2C)CC1=O. The van der Waals surface area contributed by atoms with Gasteiger partial charge in [0.2, 0.25) is 5.91 Å². The number of amides is 2. The van der Waals surface area contributed by atoms with Gasteiger partial charge in [0, 0.05) is 28.8 Å². The molecule has 1 fully saturated rings. The van der Waals surface area contributed by atoms with Crippen LogP contribution in [0.5, 0.6) is 0 Å². The molecule has 1 N–H and O–H groups in total. The van der Waals surface area contributed by atoms with Gasteiger partial charge in [0.25, 0.3) is 5.91 Å². The second-order valence-corrected chi connectivity index (χ2v) is 8.31. The number of esters is 1. The van der Waals surface area contributed by atoms with E-state index in [9.17, 15) is 14.4 Å². The van der Waals surface area contributed by atoms with Crippen LogP contribution in [0, 0.1) is 12.8 Å². The van der Waals surface area contributed by atoms with E-state index in [-0.39, 0.29) is 18.9 Å². The van der Waals surface area contributed by atoms with Crippen LogP contribution >= 0.6 is 27.5 Å². The van der Waals surface area contributed by atoms with Crippen LogP contribution in [0.1, 0.15) is 24.5 Å². The number of rotatable bonds is 6. The van der Waals surface area contributed by atoms with E-state index in [0.29, 0.717) is 16.3 Å². The molecule has 0 unspecified atom stereocenters. The van der Waals surface area contributed by atoms with Gasteiger partial charge in [0.15, 0.2) is 6.61 Å². The first-order valence-corrected chi connectivity index (χ1v) is 10.8. The molecule has 8 heteroatoms. The number of halogens is 2. The van der Waals surface area contributed by atoms with E-state index in [1.54, 1.807) is 24.0 Å². The van der Waals surface area contributed by atoms with Crippen LogP contribution in [0.2, 0.25) is 5.02 Å². The molecule has 0 radical (unpaired) electrons. The highest BCUT2D eigenvalue weighted by atomic mass is 79.9. The molecule has 1 saturated heterocycles. The summed E-state index contributed by atoms with van der Waals surface area (Å²) in [6.07, 6.45) is 0.856. The molecule has 158 valence electrons. The summed E-state index contributed by atoms with van der Waals surface area (Å²) in [6.45, 7) is 3.62. The Morgan fingerprint density at radius 1 is 1.27 bits per heavy atom. The summed E-state index contributed by atoms with van der Waals surface area (Å²) in [5, 5.41) is 3.19. The molecule has 1 heterocycles. The average molecular weight is 494 g/mol. The highest BCUT2D eigenvalue weighted by molar-refractivity contribution is 9.10. The minimum absolute atomic E-state index is 0.0694. The monoisotopic (exact) mass is 492 g/mol. The van der Waals surface area contributed by atoms with Gasteiger partial charge in [0.1, 0.15) is 0 Å². The van der Waals surface area contributed by atoms with Crippen LogP contribution in [0.4, 0.5) is 11.4 Å². The van der Waals surface area contributed by atoms with E-state index in [1.165, 1.54) is 0 Å². The number of hydrogen-bond donors (Lipinski definition) is 1. The fourth-order valence-corrected chi connectivity index (χ4v) is 3.99. The number of para-hydroxylation sites is 1. The first-order valence-electron chi connectivity index (χ1n) is 9.61. The number of carbonyl (C=O) groups excluding carboxylic acids is 3. The third kappa shape index (κ3) is 4.84. The molecular formula is C22H22BrClN2O4. The number of benzene rings is 2. The van der Waals surface area contributed by atoms with E-state index in [0.717, 1.165) is 22.1 Å². The number of nitrogens with zero attached hydrogens (tertiary/aromatic N) is 1. The van der Waals surface area contributed by atoms with Gasteiger partial charge >= 0.3 is 5.97 Å². The summed E-state index contributed by atoms with van der Waals surface area (Å²) in [4.78, 5) is 38.7. The maximum Gasteiger partial charge on any atom is 0.311 e. The van der Waals surface area contributed by atoms with Crippen molar-refractivity contribution >= 4 is 56.7 Å². The lowest BCUT2D eigenvalue weighted by molar-refractivity contribution is -0.151. The van der Waals surface area contributed by atoms with E-state index < -0.39 is 24.4 Å². The Kier molecular flexibility index (Phi) is 7.15. The summed E-state index contributed by atoms with van der Waals surface area (Å²) >= 11 is 9.48. The van der Waals surface area contributed by atoms with Crippen LogP contribution in [-0.2, 0) is 25.5 Å². The lowest BCUT2D eigenvalue weighted by Gasteiger charge is -2.19. The van der Waals surface area contributed by atoms with Gasteiger partial charge in [-0.25, -0.2) is 0 Å². The first kappa shape index (κ1) is 22.3. The maximum absolute atomic E-state index is 12.5. The molecular weight excluding hydrogens is 472 g/mol. The smallest absolute Gasteiger partial charge is 0.311 e. The Balaban J connectivity index is 1.57. The third-order valence-electron chi connectivity index (χ3n) is 5.08. The predicted octanol–water partition coefficient (Wildman–Crippen LogP) is 4.51.